The van der Waals surface area contributed by atoms with Gasteiger partial charge in [-0.15, -0.1) is 0 Å². The molecule has 2 heterocycles. The smallest absolute Gasteiger partial charge is 0.258 e. The van der Waals surface area contributed by atoms with Crippen molar-refractivity contribution in [2.75, 3.05) is 19.8 Å². The van der Waals surface area contributed by atoms with Gasteiger partial charge in [-0.3, -0.25) is 9.59 Å². The van der Waals surface area contributed by atoms with Gasteiger partial charge in [-0.05, 0) is 19.8 Å². The van der Waals surface area contributed by atoms with Crippen molar-refractivity contribution in [3.63, 3.8) is 0 Å². The van der Waals surface area contributed by atoms with Crippen molar-refractivity contribution in [1.29, 1.82) is 0 Å². The van der Waals surface area contributed by atoms with E-state index in [-0.39, 0.29) is 17.7 Å². The van der Waals surface area contributed by atoms with E-state index < -0.39 is 0 Å². The third-order valence-corrected chi connectivity index (χ3v) is 4.13. The molecule has 1 aromatic rings. The number of hydrogen-bond donors (Lipinski definition) is 0. The van der Waals surface area contributed by atoms with Crippen LogP contribution in [-0.4, -0.2) is 42.4 Å². The zero-order chi connectivity index (χ0) is 14.1. The minimum atomic E-state index is -0.108. The van der Waals surface area contributed by atoms with Crippen molar-refractivity contribution in [2.24, 2.45) is 0 Å². The first-order chi connectivity index (χ1) is 9.68. The topological polar surface area (TPSA) is 59.8 Å². The Hall–Kier alpha value is -1.62. The summed E-state index contributed by atoms with van der Waals surface area (Å²) in [4.78, 5) is 26.5. The Kier molecular flexibility index (Phi) is 3.61. The number of Topliss-reactive ketones (excluding diaryl/α,β-unsaturated/α-hetero) is 1. The van der Waals surface area contributed by atoms with E-state index in [0.717, 1.165) is 19.3 Å². The summed E-state index contributed by atoms with van der Waals surface area (Å²) >= 11 is 0. The number of carbonyl (C=O) groups is 2. The van der Waals surface area contributed by atoms with Gasteiger partial charge in [-0.2, -0.15) is 0 Å². The molecular formula is C15H19NO4. The second-order valence-corrected chi connectivity index (χ2v) is 5.47. The highest BCUT2D eigenvalue weighted by Crippen LogP contribution is 2.28. The monoisotopic (exact) mass is 277 g/mol. The summed E-state index contributed by atoms with van der Waals surface area (Å²) in [6.07, 6.45) is 4.33. The lowest BCUT2D eigenvalue weighted by Crippen LogP contribution is -2.39. The molecule has 108 valence electrons. The minimum absolute atomic E-state index is 0.0297. The number of hydrogen-bond acceptors (Lipinski definition) is 4. The normalized spacial score (nSPS) is 23.4. The maximum Gasteiger partial charge on any atom is 0.258 e. The lowest BCUT2D eigenvalue weighted by Gasteiger charge is -2.26. The molecule has 5 heteroatoms. The molecule has 0 bridgehead atoms. The molecule has 2 aliphatic rings. The van der Waals surface area contributed by atoms with E-state index in [4.69, 9.17) is 9.15 Å². The lowest BCUT2D eigenvalue weighted by molar-refractivity contribution is 0.0682. The first kappa shape index (κ1) is 13.4. The molecule has 3 rings (SSSR count). The number of ether oxygens (including phenoxy) is 1. The van der Waals surface area contributed by atoms with Crippen molar-refractivity contribution >= 4 is 11.7 Å². The third-order valence-electron chi connectivity index (χ3n) is 4.13. The molecule has 1 unspecified atom stereocenters. The van der Waals surface area contributed by atoms with Gasteiger partial charge in [0.1, 0.15) is 12.0 Å². The van der Waals surface area contributed by atoms with Crippen LogP contribution in [0.4, 0.5) is 0 Å². The van der Waals surface area contributed by atoms with Crippen LogP contribution in [0.25, 0.3) is 0 Å². The van der Waals surface area contributed by atoms with Gasteiger partial charge in [-0.1, -0.05) is 0 Å². The van der Waals surface area contributed by atoms with Gasteiger partial charge in [0.2, 0.25) is 0 Å². The van der Waals surface area contributed by atoms with Gasteiger partial charge in [0, 0.05) is 32.0 Å². The fraction of sp³-hybridized carbons (Fsp3) is 0.600. The second kappa shape index (κ2) is 5.40. The van der Waals surface area contributed by atoms with Crippen molar-refractivity contribution in [1.82, 2.24) is 4.90 Å². The van der Waals surface area contributed by atoms with E-state index in [0.29, 0.717) is 43.1 Å². The van der Waals surface area contributed by atoms with Crippen LogP contribution in [0.1, 0.15) is 52.7 Å². The fourth-order valence-corrected chi connectivity index (χ4v) is 2.93. The van der Waals surface area contributed by atoms with Crippen molar-refractivity contribution < 1.29 is 18.7 Å². The van der Waals surface area contributed by atoms with Gasteiger partial charge < -0.3 is 14.1 Å². The van der Waals surface area contributed by atoms with Crippen LogP contribution in [-0.2, 0) is 11.2 Å². The average molecular weight is 277 g/mol. The van der Waals surface area contributed by atoms with Crippen LogP contribution in [0.5, 0.6) is 0 Å². The van der Waals surface area contributed by atoms with Gasteiger partial charge in [0.15, 0.2) is 5.78 Å². The number of carbonyl (C=O) groups excluding carboxylic acids is 2. The molecule has 20 heavy (non-hydrogen) atoms. The Balaban J connectivity index is 1.90. The summed E-state index contributed by atoms with van der Waals surface area (Å²) in [7, 11) is 0. The van der Waals surface area contributed by atoms with E-state index in [2.05, 4.69) is 0 Å². The number of amides is 1. The van der Waals surface area contributed by atoms with E-state index in [9.17, 15) is 9.59 Å². The maximum absolute atomic E-state index is 12.7. The molecule has 1 amide bonds. The maximum atomic E-state index is 12.7. The van der Waals surface area contributed by atoms with Crippen molar-refractivity contribution in [3.05, 3.63) is 23.2 Å². The number of fused-ring (bicyclic) bond motifs is 1. The molecule has 1 aromatic heterocycles. The summed E-state index contributed by atoms with van der Waals surface area (Å²) in [5.41, 5.74) is 0.942. The predicted octanol–water partition coefficient (Wildman–Crippen LogP) is 2.05. The Morgan fingerprint density at radius 2 is 2.20 bits per heavy atom. The van der Waals surface area contributed by atoms with Crippen molar-refractivity contribution in [2.45, 2.75) is 38.6 Å². The highest BCUT2D eigenvalue weighted by atomic mass is 16.5. The Morgan fingerprint density at radius 3 is 3.05 bits per heavy atom. The predicted molar refractivity (Wildman–Crippen MR) is 71.9 cm³/mol. The zero-order valence-corrected chi connectivity index (χ0v) is 11.7. The van der Waals surface area contributed by atoms with Crippen LogP contribution < -0.4 is 0 Å². The van der Waals surface area contributed by atoms with Crippen molar-refractivity contribution in [3.8, 4) is 0 Å². The van der Waals surface area contributed by atoms with E-state index in [1.165, 1.54) is 6.26 Å². The lowest BCUT2D eigenvalue weighted by atomic mass is 9.93. The number of nitrogens with zero attached hydrogens (tertiary/aromatic N) is 1. The molecule has 1 saturated heterocycles. The summed E-state index contributed by atoms with van der Waals surface area (Å²) < 4.78 is 10.8. The quantitative estimate of drug-likeness (QED) is 0.788. The number of rotatable bonds is 1. The van der Waals surface area contributed by atoms with Gasteiger partial charge in [-0.25, -0.2) is 0 Å². The van der Waals surface area contributed by atoms with Crippen LogP contribution in [0, 0.1) is 0 Å². The minimum Gasteiger partial charge on any atom is -0.468 e. The standard InChI is InChI=1S/C15H19NO4/c1-10-5-7-19-8-6-16(10)15(18)11-9-20-13-4-2-3-12(17)14(11)13/h9-10H,2-8H2,1H3. The largest absolute Gasteiger partial charge is 0.468 e. The SMILES string of the molecule is CC1CCOCCN1C(=O)c1coc2c1C(=O)CCC2. The summed E-state index contributed by atoms with van der Waals surface area (Å²) in [5, 5.41) is 0. The Bertz CT molecular complexity index is 534. The highest BCUT2D eigenvalue weighted by Gasteiger charge is 2.32. The Morgan fingerprint density at radius 1 is 1.35 bits per heavy atom. The van der Waals surface area contributed by atoms with Gasteiger partial charge >= 0.3 is 0 Å². The van der Waals surface area contributed by atoms with E-state index >= 15 is 0 Å². The fourth-order valence-electron chi connectivity index (χ4n) is 2.93. The summed E-state index contributed by atoms with van der Waals surface area (Å²) in [6.45, 7) is 3.80. The molecule has 0 radical (unpaired) electrons. The number of furan rings is 1. The third kappa shape index (κ3) is 2.26. The van der Waals surface area contributed by atoms with Crippen LogP contribution in [0.3, 0.4) is 0 Å². The van der Waals surface area contributed by atoms with Crippen LogP contribution in [0.2, 0.25) is 0 Å². The molecule has 0 saturated carbocycles. The molecular weight excluding hydrogens is 258 g/mol. The van der Waals surface area contributed by atoms with Gasteiger partial charge in [0.25, 0.3) is 5.91 Å². The molecule has 5 nitrogen and oxygen atoms in total. The van der Waals surface area contributed by atoms with Crippen LogP contribution in [0.15, 0.2) is 10.7 Å². The highest BCUT2D eigenvalue weighted by molar-refractivity contribution is 6.09. The molecule has 1 fully saturated rings. The second-order valence-electron chi connectivity index (χ2n) is 5.47. The van der Waals surface area contributed by atoms with E-state index in [1.54, 1.807) is 4.90 Å². The molecule has 0 spiro atoms. The molecule has 0 aromatic carbocycles. The number of aryl methyl sites for hydroxylation is 1. The summed E-state index contributed by atoms with van der Waals surface area (Å²) in [6, 6.07) is 0.120. The van der Waals surface area contributed by atoms with E-state index in [1.807, 2.05) is 6.92 Å². The average Bonchev–Trinajstić information content (AvgIpc) is 2.76. The zero-order valence-electron chi connectivity index (χ0n) is 11.7. The first-order valence-electron chi connectivity index (χ1n) is 7.20. The molecule has 0 N–H and O–H groups in total. The molecule has 1 aliphatic heterocycles. The first-order valence-corrected chi connectivity index (χ1v) is 7.20. The summed E-state index contributed by atoms with van der Waals surface area (Å²) in [5.74, 6) is 0.591. The molecule has 1 atom stereocenters. The Labute approximate surface area is 117 Å². The van der Waals surface area contributed by atoms with Gasteiger partial charge in [0.05, 0.1) is 17.7 Å². The number of ketones is 1. The molecule has 1 aliphatic carbocycles. The van der Waals surface area contributed by atoms with Crippen LogP contribution >= 0.6 is 0 Å².